The molecule has 0 unspecified atom stereocenters. The molecule has 6 aromatic rings. The molecule has 8 heteroatoms. The van der Waals surface area contributed by atoms with Crippen molar-refractivity contribution in [2.45, 2.75) is 33.1 Å². The molecule has 0 radical (unpaired) electrons. The molecule has 0 aromatic heterocycles. The fourth-order valence-electron chi connectivity index (χ4n) is 5.76. The molecule has 0 saturated carbocycles. The zero-order valence-electron chi connectivity index (χ0n) is 27.9. The van der Waals surface area contributed by atoms with Crippen LogP contribution in [0.5, 0.6) is 0 Å². The molecule has 3 amide bonds. The molecule has 0 spiro atoms. The predicted molar refractivity (Wildman–Crippen MR) is 195 cm³/mol. The third kappa shape index (κ3) is 9.20. The van der Waals surface area contributed by atoms with Gasteiger partial charge >= 0.3 is 23.7 Å². The van der Waals surface area contributed by atoms with Crippen LogP contribution in [0, 0.1) is 0 Å². The number of hydrogen-bond donors (Lipinski definition) is 1. The number of fused-ring (bicyclic) bond motifs is 2. The van der Waals surface area contributed by atoms with Crippen LogP contribution in [-0.2, 0) is 50.1 Å². The van der Waals surface area contributed by atoms with E-state index in [1.807, 2.05) is 146 Å². The van der Waals surface area contributed by atoms with Gasteiger partial charge in [-0.1, -0.05) is 146 Å². The summed E-state index contributed by atoms with van der Waals surface area (Å²) < 4.78 is 4.92. The molecule has 8 nitrogen and oxygen atoms in total. The summed E-state index contributed by atoms with van der Waals surface area (Å²) >= 11 is 0. The third-order valence-corrected chi connectivity index (χ3v) is 8.15. The number of nitrogens with two attached hydrogens (primary N) is 1. The van der Waals surface area contributed by atoms with Crippen LogP contribution in [0.1, 0.15) is 29.2 Å². The fraction of sp³-hybridized carbons (Fsp3) is 0.143. The molecular formula is C42H39N3O5. The molecule has 252 valence electrons. The number of ether oxygens (including phenoxy) is 1. The lowest BCUT2D eigenvalue weighted by Gasteiger charge is -2.22. The molecular weight excluding hydrogens is 626 g/mol. The van der Waals surface area contributed by atoms with Crippen molar-refractivity contribution in [3.05, 3.63) is 168 Å². The Kier molecular flexibility index (Phi) is 12.1. The van der Waals surface area contributed by atoms with Crippen molar-refractivity contribution < 1.29 is 23.9 Å². The molecule has 6 aromatic carbocycles. The number of carbonyl (C=O) groups excluding carboxylic acids is 4. The highest BCUT2D eigenvalue weighted by Crippen LogP contribution is 2.22. The maximum Gasteiger partial charge on any atom is 0.397 e. The van der Waals surface area contributed by atoms with Gasteiger partial charge in [0.1, 0.15) is 0 Å². The molecule has 2 N–H and O–H groups in total. The summed E-state index contributed by atoms with van der Waals surface area (Å²) in [6, 6.07) is 47.1. The van der Waals surface area contributed by atoms with Crippen molar-refractivity contribution in [2.24, 2.45) is 5.73 Å². The van der Waals surface area contributed by atoms with Gasteiger partial charge in [0.05, 0.1) is 6.61 Å². The molecule has 0 aliphatic heterocycles. The van der Waals surface area contributed by atoms with E-state index in [1.165, 1.54) is 9.80 Å². The minimum Gasteiger partial charge on any atom is -0.459 e. The Morgan fingerprint density at radius 1 is 0.500 bits per heavy atom. The quantitative estimate of drug-likeness (QED) is 0.135. The first-order valence-corrected chi connectivity index (χ1v) is 16.4. The highest BCUT2D eigenvalue weighted by molar-refractivity contribution is 6.34. The Bertz CT molecular complexity index is 2070. The van der Waals surface area contributed by atoms with E-state index in [1.54, 1.807) is 6.92 Å². The van der Waals surface area contributed by atoms with E-state index in [0.29, 0.717) is 26.2 Å². The van der Waals surface area contributed by atoms with Crippen molar-refractivity contribution >= 4 is 45.2 Å². The summed E-state index contributed by atoms with van der Waals surface area (Å²) in [5.74, 6) is -3.05. The van der Waals surface area contributed by atoms with Gasteiger partial charge in [0.25, 0.3) is 0 Å². The first-order chi connectivity index (χ1) is 24.3. The normalized spacial score (nSPS) is 10.5. The topological polar surface area (TPSA) is 110 Å². The van der Waals surface area contributed by atoms with Gasteiger partial charge in [-0.2, -0.15) is 0 Å². The number of rotatable bonds is 9. The first-order valence-electron chi connectivity index (χ1n) is 16.4. The van der Waals surface area contributed by atoms with Gasteiger partial charge < -0.3 is 20.3 Å². The Morgan fingerprint density at radius 2 is 0.900 bits per heavy atom. The second kappa shape index (κ2) is 17.2. The number of esters is 1. The van der Waals surface area contributed by atoms with Gasteiger partial charge in [-0.05, 0) is 50.7 Å². The summed E-state index contributed by atoms with van der Waals surface area (Å²) in [4.78, 5) is 51.3. The monoisotopic (exact) mass is 665 g/mol. The number of benzene rings is 6. The van der Waals surface area contributed by atoms with Crippen LogP contribution in [-0.4, -0.2) is 40.1 Å². The molecule has 0 aliphatic carbocycles. The van der Waals surface area contributed by atoms with Crippen LogP contribution in [0.25, 0.3) is 21.5 Å². The summed E-state index contributed by atoms with van der Waals surface area (Å²) in [5, 5.41) is 4.34. The summed E-state index contributed by atoms with van der Waals surface area (Å²) in [7, 11) is 0. The number of amides is 3. The maximum atomic E-state index is 12.6. The largest absolute Gasteiger partial charge is 0.459 e. The fourth-order valence-corrected chi connectivity index (χ4v) is 5.76. The second-order valence-electron chi connectivity index (χ2n) is 11.7. The molecule has 0 aliphatic rings. The van der Waals surface area contributed by atoms with Crippen LogP contribution in [0.15, 0.2) is 146 Å². The first kappa shape index (κ1) is 35.0. The lowest BCUT2D eigenvalue weighted by molar-refractivity contribution is -0.160. The van der Waals surface area contributed by atoms with E-state index < -0.39 is 23.7 Å². The number of nitrogens with zero attached hydrogens (tertiary/aromatic N) is 2. The predicted octanol–water partition coefficient (Wildman–Crippen LogP) is 6.79. The van der Waals surface area contributed by atoms with E-state index in [0.717, 1.165) is 43.8 Å². The van der Waals surface area contributed by atoms with Crippen LogP contribution in [0.2, 0.25) is 0 Å². The smallest absolute Gasteiger partial charge is 0.397 e. The zero-order valence-corrected chi connectivity index (χ0v) is 27.9. The van der Waals surface area contributed by atoms with Gasteiger partial charge in [0, 0.05) is 26.2 Å². The molecule has 6 rings (SSSR count). The van der Waals surface area contributed by atoms with Crippen molar-refractivity contribution in [2.75, 3.05) is 6.61 Å². The van der Waals surface area contributed by atoms with Gasteiger partial charge in [0.2, 0.25) is 0 Å². The number of carbonyl (C=O) groups is 4. The van der Waals surface area contributed by atoms with Crippen molar-refractivity contribution in [1.82, 2.24) is 9.80 Å². The average Bonchev–Trinajstić information content (AvgIpc) is 3.15. The summed E-state index contributed by atoms with van der Waals surface area (Å²) in [6.45, 7) is 3.23. The Hall–Kier alpha value is -6.28. The molecule has 0 atom stereocenters. The lowest BCUT2D eigenvalue weighted by Crippen LogP contribution is -2.39. The SMILES string of the molecule is CCOC(=O)C(=O)N(Cc1ccccc1)Cc1cccc2ccccc12.NC(=O)C(=O)N(Cc1ccccc1)Cc1cccc2ccccc12. The minimum atomic E-state index is -0.939. The number of hydrogen-bond acceptors (Lipinski definition) is 5. The molecule has 0 heterocycles. The van der Waals surface area contributed by atoms with E-state index in [2.05, 4.69) is 0 Å². The van der Waals surface area contributed by atoms with Gasteiger partial charge in [-0.15, -0.1) is 0 Å². The molecule has 0 fully saturated rings. The second-order valence-corrected chi connectivity index (χ2v) is 11.7. The minimum absolute atomic E-state index is 0.179. The highest BCUT2D eigenvalue weighted by atomic mass is 16.5. The summed E-state index contributed by atoms with van der Waals surface area (Å²) in [6.07, 6.45) is 0. The Balaban J connectivity index is 0.000000195. The van der Waals surface area contributed by atoms with Crippen LogP contribution in [0.4, 0.5) is 0 Å². The molecule has 50 heavy (non-hydrogen) atoms. The van der Waals surface area contributed by atoms with Crippen molar-refractivity contribution in [1.29, 1.82) is 0 Å². The Labute approximate surface area is 291 Å². The Morgan fingerprint density at radius 3 is 1.34 bits per heavy atom. The van der Waals surface area contributed by atoms with E-state index >= 15 is 0 Å². The van der Waals surface area contributed by atoms with E-state index in [-0.39, 0.29) is 6.61 Å². The maximum absolute atomic E-state index is 12.6. The number of primary amides is 1. The lowest BCUT2D eigenvalue weighted by atomic mass is 10.0. The molecule has 0 bridgehead atoms. The van der Waals surface area contributed by atoms with Crippen LogP contribution in [0.3, 0.4) is 0 Å². The zero-order chi connectivity index (χ0) is 35.3. The van der Waals surface area contributed by atoms with Gasteiger partial charge in [0.15, 0.2) is 0 Å². The van der Waals surface area contributed by atoms with Crippen molar-refractivity contribution in [3.63, 3.8) is 0 Å². The molecule has 0 saturated heterocycles. The van der Waals surface area contributed by atoms with E-state index in [4.69, 9.17) is 10.5 Å². The van der Waals surface area contributed by atoms with Crippen LogP contribution < -0.4 is 5.73 Å². The van der Waals surface area contributed by atoms with Crippen molar-refractivity contribution in [3.8, 4) is 0 Å². The van der Waals surface area contributed by atoms with Crippen LogP contribution >= 0.6 is 0 Å². The van der Waals surface area contributed by atoms with Gasteiger partial charge in [-0.25, -0.2) is 4.79 Å². The summed E-state index contributed by atoms with van der Waals surface area (Å²) in [5.41, 5.74) is 9.12. The average molecular weight is 666 g/mol. The third-order valence-electron chi connectivity index (χ3n) is 8.15. The standard InChI is InChI=1S/C22H21NO3.C20H18N2O2/c1-2-26-22(25)21(24)23(15-17-9-4-3-5-10-17)16-19-13-8-12-18-11-6-7-14-20(18)19;21-19(23)20(24)22(13-15-7-2-1-3-8-15)14-17-11-6-10-16-9-4-5-12-18(16)17/h3-14H,2,15-16H2,1H3;1-12H,13-14H2,(H2,21,23). The van der Waals surface area contributed by atoms with Gasteiger partial charge in [-0.3, -0.25) is 14.4 Å². The van der Waals surface area contributed by atoms with E-state index in [9.17, 15) is 19.2 Å². The highest BCUT2D eigenvalue weighted by Gasteiger charge is 2.24.